The molecule has 2 aliphatic rings. The number of carbonyl (C=O) groups is 1. The molecular weight excluding hydrogens is 382 g/mol. The van der Waals surface area contributed by atoms with Gasteiger partial charge in [0, 0.05) is 29.3 Å². The lowest BCUT2D eigenvalue weighted by Gasteiger charge is -2.29. The summed E-state index contributed by atoms with van der Waals surface area (Å²) in [5.41, 5.74) is 2.43. The first-order valence-corrected chi connectivity index (χ1v) is 9.73. The predicted octanol–water partition coefficient (Wildman–Crippen LogP) is 2.64. The van der Waals surface area contributed by atoms with E-state index in [1.54, 1.807) is 13.1 Å². The van der Waals surface area contributed by atoms with Crippen molar-refractivity contribution in [3.63, 3.8) is 0 Å². The molecule has 0 saturated heterocycles. The lowest BCUT2D eigenvalue weighted by atomic mass is 9.81. The van der Waals surface area contributed by atoms with E-state index < -0.39 is 17.2 Å². The number of aromatic amines is 1. The third kappa shape index (κ3) is 2.41. The Labute approximate surface area is 171 Å². The lowest BCUT2D eigenvalue weighted by molar-refractivity contribution is 0.103. The van der Waals surface area contributed by atoms with Crippen LogP contribution in [0.25, 0.3) is 5.70 Å². The maximum atomic E-state index is 13.4. The molecule has 7 heteroatoms. The zero-order valence-corrected chi connectivity index (χ0v) is 16.5. The van der Waals surface area contributed by atoms with Crippen molar-refractivity contribution in [1.29, 1.82) is 0 Å². The van der Waals surface area contributed by atoms with Crippen LogP contribution in [0.1, 0.15) is 39.9 Å². The predicted molar refractivity (Wildman–Crippen MR) is 113 cm³/mol. The van der Waals surface area contributed by atoms with E-state index in [9.17, 15) is 14.4 Å². The van der Waals surface area contributed by atoms with Crippen molar-refractivity contribution in [3.8, 4) is 5.75 Å². The Morgan fingerprint density at radius 2 is 1.70 bits per heavy atom. The molecule has 0 saturated carbocycles. The largest absolute Gasteiger partial charge is 0.494 e. The van der Waals surface area contributed by atoms with Crippen LogP contribution in [0.2, 0.25) is 0 Å². The van der Waals surface area contributed by atoms with Gasteiger partial charge in [-0.3, -0.25) is 19.1 Å². The van der Waals surface area contributed by atoms with E-state index in [1.165, 1.54) is 4.57 Å². The number of anilines is 1. The highest BCUT2D eigenvalue weighted by Gasteiger charge is 2.43. The van der Waals surface area contributed by atoms with Crippen LogP contribution >= 0.6 is 0 Å². The topological polar surface area (TPSA) is 93.2 Å². The standard InChI is InChI=1S/C23H19N3O4/c1-3-30-15-11-7-6-10-14(15)16-17-19(12-8-4-5-9-13(12)20(17)27)24-21-18(16)22(28)25-23(29)26(21)2/h4-11,16,24H,3H2,1-2H3,(H,25,28,29). The Morgan fingerprint density at radius 3 is 2.47 bits per heavy atom. The average Bonchev–Trinajstić information content (AvgIpc) is 3.04. The third-order valence-corrected chi connectivity index (χ3v) is 5.67. The number of ether oxygens (including phenoxy) is 1. The minimum absolute atomic E-state index is 0.136. The van der Waals surface area contributed by atoms with Crippen LogP contribution in [-0.2, 0) is 7.05 Å². The van der Waals surface area contributed by atoms with Crippen molar-refractivity contribution in [2.75, 3.05) is 11.9 Å². The van der Waals surface area contributed by atoms with Gasteiger partial charge in [-0.1, -0.05) is 42.5 Å². The zero-order chi connectivity index (χ0) is 21.0. The quantitative estimate of drug-likeness (QED) is 0.704. The number of aromatic nitrogens is 2. The first-order chi connectivity index (χ1) is 14.5. The van der Waals surface area contributed by atoms with Gasteiger partial charge in [0.1, 0.15) is 11.6 Å². The molecule has 1 aromatic heterocycles. The molecule has 0 bridgehead atoms. The van der Waals surface area contributed by atoms with Crippen LogP contribution < -0.4 is 21.3 Å². The van der Waals surface area contributed by atoms with E-state index in [0.29, 0.717) is 46.1 Å². The maximum absolute atomic E-state index is 13.4. The molecule has 30 heavy (non-hydrogen) atoms. The van der Waals surface area contributed by atoms with E-state index in [4.69, 9.17) is 4.74 Å². The van der Waals surface area contributed by atoms with Gasteiger partial charge in [-0.2, -0.15) is 0 Å². The number of nitrogens with zero attached hydrogens (tertiary/aromatic N) is 1. The zero-order valence-electron chi connectivity index (χ0n) is 16.5. The molecule has 0 radical (unpaired) electrons. The molecule has 1 aliphatic heterocycles. The molecule has 2 aromatic carbocycles. The molecule has 1 unspecified atom stereocenters. The Morgan fingerprint density at radius 1 is 1.00 bits per heavy atom. The molecule has 7 nitrogen and oxygen atoms in total. The van der Waals surface area contributed by atoms with Gasteiger partial charge < -0.3 is 10.1 Å². The number of benzene rings is 2. The Hall–Kier alpha value is -3.87. The van der Waals surface area contributed by atoms with E-state index in [0.717, 1.165) is 5.56 Å². The maximum Gasteiger partial charge on any atom is 0.329 e. The highest BCUT2D eigenvalue weighted by atomic mass is 16.5. The summed E-state index contributed by atoms with van der Waals surface area (Å²) < 4.78 is 7.19. The summed E-state index contributed by atoms with van der Waals surface area (Å²) in [5, 5.41) is 3.21. The summed E-state index contributed by atoms with van der Waals surface area (Å²) in [4.78, 5) is 41.1. The molecule has 1 aliphatic carbocycles. The van der Waals surface area contributed by atoms with Gasteiger partial charge in [-0.15, -0.1) is 0 Å². The number of nitrogens with one attached hydrogen (secondary N) is 2. The second kappa shape index (κ2) is 6.59. The molecule has 2 N–H and O–H groups in total. The van der Waals surface area contributed by atoms with E-state index in [-0.39, 0.29) is 5.78 Å². The van der Waals surface area contributed by atoms with Gasteiger partial charge in [0.05, 0.1) is 23.8 Å². The van der Waals surface area contributed by atoms with Crippen molar-refractivity contribution in [2.45, 2.75) is 12.8 Å². The first kappa shape index (κ1) is 18.2. The fraction of sp³-hybridized carbons (Fsp3) is 0.174. The highest BCUT2D eigenvalue weighted by molar-refractivity contribution is 6.23. The van der Waals surface area contributed by atoms with Crippen LogP contribution in [-0.4, -0.2) is 21.9 Å². The number of fused-ring (bicyclic) bond motifs is 3. The van der Waals surface area contributed by atoms with E-state index in [2.05, 4.69) is 10.3 Å². The molecule has 1 atom stereocenters. The van der Waals surface area contributed by atoms with Gasteiger partial charge in [-0.05, 0) is 13.0 Å². The van der Waals surface area contributed by atoms with Crippen molar-refractivity contribution in [1.82, 2.24) is 9.55 Å². The van der Waals surface area contributed by atoms with E-state index >= 15 is 0 Å². The second-order valence-corrected chi connectivity index (χ2v) is 7.27. The smallest absolute Gasteiger partial charge is 0.329 e. The summed E-state index contributed by atoms with van der Waals surface area (Å²) >= 11 is 0. The Bertz CT molecular complexity index is 1360. The molecule has 0 amide bonds. The SMILES string of the molecule is CCOc1ccccc1C1C2=C(Nc3c1c(=O)[nH]c(=O)n3C)c1ccccc1C2=O. The summed E-state index contributed by atoms with van der Waals surface area (Å²) in [5.74, 6) is 0.169. The molecule has 0 fully saturated rings. The van der Waals surface area contributed by atoms with Crippen LogP contribution in [0.3, 0.4) is 0 Å². The number of ketones is 1. The third-order valence-electron chi connectivity index (χ3n) is 5.67. The lowest BCUT2D eigenvalue weighted by Crippen LogP contribution is -2.37. The molecule has 150 valence electrons. The van der Waals surface area contributed by atoms with Crippen molar-refractivity contribution in [3.05, 3.63) is 97.2 Å². The Balaban J connectivity index is 1.87. The normalized spacial score (nSPS) is 16.6. The number of hydrogen-bond donors (Lipinski definition) is 2. The summed E-state index contributed by atoms with van der Waals surface area (Å²) in [6.45, 7) is 2.32. The summed E-state index contributed by atoms with van der Waals surface area (Å²) in [7, 11) is 1.59. The molecule has 2 heterocycles. The first-order valence-electron chi connectivity index (χ1n) is 9.73. The minimum Gasteiger partial charge on any atom is -0.494 e. The number of H-pyrrole nitrogens is 1. The van der Waals surface area contributed by atoms with Gasteiger partial charge in [0.25, 0.3) is 5.56 Å². The molecule has 5 rings (SSSR count). The van der Waals surface area contributed by atoms with Gasteiger partial charge in [-0.25, -0.2) is 4.79 Å². The molecule has 0 spiro atoms. The van der Waals surface area contributed by atoms with Gasteiger partial charge >= 0.3 is 5.69 Å². The highest BCUT2D eigenvalue weighted by Crippen LogP contribution is 2.49. The average molecular weight is 401 g/mol. The molecule has 3 aromatic rings. The number of rotatable bonds is 3. The van der Waals surface area contributed by atoms with Gasteiger partial charge in [0.2, 0.25) is 0 Å². The fourth-order valence-corrected chi connectivity index (χ4v) is 4.35. The van der Waals surface area contributed by atoms with Crippen LogP contribution in [0.4, 0.5) is 5.82 Å². The van der Waals surface area contributed by atoms with Crippen molar-refractivity contribution in [2.24, 2.45) is 7.05 Å². The summed E-state index contributed by atoms with van der Waals surface area (Å²) in [6, 6.07) is 14.7. The minimum atomic E-state index is -0.672. The number of allylic oxidation sites excluding steroid dienone is 1. The number of para-hydroxylation sites is 1. The monoisotopic (exact) mass is 401 g/mol. The number of hydrogen-bond acceptors (Lipinski definition) is 5. The number of Topliss-reactive ketones (excluding diaryl/α,β-unsaturated/α-hetero) is 1. The Kier molecular flexibility index (Phi) is 3.99. The van der Waals surface area contributed by atoms with Crippen LogP contribution in [0.15, 0.2) is 63.7 Å². The van der Waals surface area contributed by atoms with Crippen LogP contribution in [0, 0.1) is 0 Å². The van der Waals surface area contributed by atoms with E-state index in [1.807, 2.05) is 49.4 Å². The fourth-order valence-electron chi connectivity index (χ4n) is 4.35. The van der Waals surface area contributed by atoms with Crippen molar-refractivity contribution >= 4 is 17.3 Å². The summed E-state index contributed by atoms with van der Waals surface area (Å²) in [6.07, 6.45) is 0. The molecular formula is C23H19N3O4. The van der Waals surface area contributed by atoms with Gasteiger partial charge in [0.15, 0.2) is 5.78 Å². The second-order valence-electron chi connectivity index (χ2n) is 7.27. The van der Waals surface area contributed by atoms with Crippen LogP contribution in [0.5, 0.6) is 5.75 Å². The van der Waals surface area contributed by atoms with Crippen molar-refractivity contribution < 1.29 is 9.53 Å². The number of carbonyl (C=O) groups excluding carboxylic acids is 1.